The fourth-order valence-electron chi connectivity index (χ4n) is 4.07. The van der Waals surface area contributed by atoms with Gasteiger partial charge in [0.1, 0.15) is 5.69 Å². The number of aromatic nitrogens is 2. The first-order valence-corrected chi connectivity index (χ1v) is 12.4. The van der Waals surface area contributed by atoms with E-state index >= 15 is 0 Å². The molecule has 0 bridgehead atoms. The highest BCUT2D eigenvalue weighted by Crippen LogP contribution is 2.41. The van der Waals surface area contributed by atoms with Crippen molar-refractivity contribution in [2.45, 2.75) is 31.6 Å². The lowest BCUT2D eigenvalue weighted by atomic mass is 10.0. The molecule has 1 unspecified atom stereocenters. The average Bonchev–Trinajstić information content (AvgIpc) is 3.46. The molecule has 2 N–H and O–H groups in total. The van der Waals surface area contributed by atoms with Gasteiger partial charge < -0.3 is 4.52 Å². The fraction of sp³-hybridized carbons (Fsp3) is 0.364. The third-order valence-electron chi connectivity index (χ3n) is 5.87. The second kappa shape index (κ2) is 8.01. The Balaban J connectivity index is 1.39. The van der Waals surface area contributed by atoms with E-state index in [2.05, 4.69) is 21.0 Å². The molecule has 0 radical (unpaired) electrons. The SMILES string of the molecule is O=C(CC1CCS(=O)(=O)C1)NNC(=O)c1cc(C2CC2)nc2onc(-c3ccccc3)c12. The van der Waals surface area contributed by atoms with Crippen molar-refractivity contribution in [1.82, 2.24) is 21.0 Å². The first kappa shape index (κ1) is 20.6. The van der Waals surface area contributed by atoms with Crippen LogP contribution in [0.4, 0.5) is 0 Å². The Kier molecular flexibility index (Phi) is 5.16. The van der Waals surface area contributed by atoms with Crippen LogP contribution in [0.15, 0.2) is 40.9 Å². The standard InChI is InChI=1S/C22H22N4O5S/c27-18(10-13-8-9-32(29,30)12-13)24-25-21(28)16-11-17(14-6-7-14)23-22-19(16)20(26-31-22)15-4-2-1-3-5-15/h1-5,11,13-14H,6-10,12H2,(H,24,27)(H,25,28). The van der Waals surface area contributed by atoms with Gasteiger partial charge in [-0.05, 0) is 31.2 Å². The van der Waals surface area contributed by atoms with Crippen LogP contribution in [0, 0.1) is 5.92 Å². The van der Waals surface area contributed by atoms with E-state index in [1.165, 1.54) is 0 Å². The number of pyridine rings is 1. The van der Waals surface area contributed by atoms with Crippen LogP contribution in [-0.2, 0) is 14.6 Å². The number of carbonyl (C=O) groups excluding carboxylic acids is 2. The normalized spacial score (nSPS) is 19.7. The molecule has 1 saturated carbocycles. The Hall–Kier alpha value is -3.27. The zero-order valence-corrected chi connectivity index (χ0v) is 18.0. The molecular formula is C22H22N4O5S. The van der Waals surface area contributed by atoms with Gasteiger partial charge in [-0.3, -0.25) is 20.4 Å². The molecule has 2 aliphatic rings. The highest BCUT2D eigenvalue weighted by molar-refractivity contribution is 7.91. The molecule has 1 aliphatic heterocycles. The highest BCUT2D eigenvalue weighted by Gasteiger charge is 2.31. The van der Waals surface area contributed by atoms with Gasteiger partial charge in [-0.15, -0.1) is 0 Å². The van der Waals surface area contributed by atoms with Gasteiger partial charge in [0.15, 0.2) is 9.84 Å². The summed E-state index contributed by atoms with van der Waals surface area (Å²) in [6.07, 6.45) is 2.50. The van der Waals surface area contributed by atoms with Crippen molar-refractivity contribution in [3.8, 4) is 11.3 Å². The number of benzene rings is 1. The summed E-state index contributed by atoms with van der Waals surface area (Å²) < 4.78 is 28.6. The van der Waals surface area contributed by atoms with Crippen LogP contribution < -0.4 is 10.9 Å². The molecule has 0 spiro atoms. The maximum absolute atomic E-state index is 13.1. The molecule has 2 fully saturated rings. The predicted molar refractivity (Wildman–Crippen MR) is 116 cm³/mol. The van der Waals surface area contributed by atoms with Crippen LogP contribution in [-0.4, -0.2) is 41.9 Å². The van der Waals surface area contributed by atoms with Gasteiger partial charge in [-0.2, -0.15) is 0 Å². The molecule has 32 heavy (non-hydrogen) atoms. The molecule has 1 saturated heterocycles. The fourth-order valence-corrected chi connectivity index (χ4v) is 5.93. The summed E-state index contributed by atoms with van der Waals surface area (Å²) in [6, 6.07) is 11.1. The van der Waals surface area contributed by atoms with Crippen LogP contribution in [0.2, 0.25) is 0 Å². The summed E-state index contributed by atoms with van der Waals surface area (Å²) >= 11 is 0. The Labute approximate surface area is 184 Å². The Morgan fingerprint density at radius 2 is 1.88 bits per heavy atom. The topological polar surface area (TPSA) is 131 Å². The lowest BCUT2D eigenvalue weighted by Gasteiger charge is -2.11. The van der Waals surface area contributed by atoms with E-state index in [9.17, 15) is 18.0 Å². The molecule has 166 valence electrons. The first-order valence-electron chi connectivity index (χ1n) is 10.5. The van der Waals surface area contributed by atoms with E-state index in [1.54, 1.807) is 6.07 Å². The number of nitrogens with one attached hydrogen (secondary N) is 2. The van der Waals surface area contributed by atoms with Gasteiger partial charge in [0, 0.05) is 23.6 Å². The summed E-state index contributed by atoms with van der Waals surface area (Å²) in [5.74, 6) is -0.769. The molecule has 3 aromatic rings. The zero-order chi connectivity index (χ0) is 22.3. The maximum Gasteiger partial charge on any atom is 0.270 e. The molecule has 3 heterocycles. The number of rotatable bonds is 5. The molecule has 2 amide bonds. The number of carbonyl (C=O) groups is 2. The van der Waals surface area contributed by atoms with Crippen LogP contribution in [0.5, 0.6) is 0 Å². The van der Waals surface area contributed by atoms with Gasteiger partial charge in [-0.1, -0.05) is 35.5 Å². The molecule has 1 atom stereocenters. The second-order valence-electron chi connectivity index (χ2n) is 8.42. The second-order valence-corrected chi connectivity index (χ2v) is 10.7. The van der Waals surface area contributed by atoms with E-state index in [1.807, 2.05) is 30.3 Å². The molecule has 5 rings (SSSR count). The number of nitrogens with zero attached hydrogens (tertiary/aromatic N) is 2. The third kappa shape index (κ3) is 4.22. The van der Waals surface area contributed by atoms with Crippen molar-refractivity contribution in [2.75, 3.05) is 11.5 Å². The summed E-state index contributed by atoms with van der Waals surface area (Å²) in [5, 5.41) is 4.63. The monoisotopic (exact) mass is 454 g/mol. The minimum Gasteiger partial charge on any atom is -0.335 e. The largest absolute Gasteiger partial charge is 0.335 e. The van der Waals surface area contributed by atoms with E-state index < -0.39 is 21.7 Å². The third-order valence-corrected chi connectivity index (χ3v) is 7.71. The number of hydrogen-bond acceptors (Lipinski definition) is 7. The number of amides is 2. The van der Waals surface area contributed by atoms with Crippen LogP contribution >= 0.6 is 0 Å². The van der Waals surface area contributed by atoms with E-state index in [4.69, 9.17) is 4.52 Å². The Morgan fingerprint density at radius 3 is 2.56 bits per heavy atom. The Morgan fingerprint density at radius 1 is 1.09 bits per heavy atom. The van der Waals surface area contributed by atoms with Crippen molar-refractivity contribution in [3.63, 3.8) is 0 Å². The number of hydrogen-bond donors (Lipinski definition) is 2. The summed E-state index contributed by atoms with van der Waals surface area (Å²) in [5.41, 5.74) is 7.52. The lowest BCUT2D eigenvalue weighted by Crippen LogP contribution is -2.42. The van der Waals surface area contributed by atoms with Crippen molar-refractivity contribution in [2.24, 2.45) is 5.92 Å². The highest BCUT2D eigenvalue weighted by atomic mass is 32.2. The van der Waals surface area contributed by atoms with Crippen molar-refractivity contribution < 1.29 is 22.5 Å². The molecule has 2 aromatic heterocycles. The number of fused-ring (bicyclic) bond motifs is 1. The predicted octanol–water partition coefficient (Wildman–Crippen LogP) is 2.35. The minimum atomic E-state index is -3.06. The van der Waals surface area contributed by atoms with Gasteiger partial charge >= 0.3 is 0 Å². The lowest BCUT2D eigenvalue weighted by molar-refractivity contribution is -0.122. The van der Waals surface area contributed by atoms with Crippen molar-refractivity contribution >= 4 is 32.8 Å². The average molecular weight is 455 g/mol. The molecular weight excluding hydrogens is 432 g/mol. The van der Waals surface area contributed by atoms with E-state index in [0.29, 0.717) is 23.1 Å². The van der Waals surface area contributed by atoms with E-state index in [0.717, 1.165) is 24.1 Å². The number of sulfone groups is 1. The first-order chi connectivity index (χ1) is 15.4. The summed E-state index contributed by atoms with van der Waals surface area (Å²) in [6.45, 7) is 0. The van der Waals surface area contributed by atoms with Crippen LogP contribution in [0.25, 0.3) is 22.4 Å². The summed E-state index contributed by atoms with van der Waals surface area (Å²) in [4.78, 5) is 29.9. The molecule has 10 heteroatoms. The van der Waals surface area contributed by atoms with Gasteiger partial charge in [0.05, 0.1) is 22.5 Å². The van der Waals surface area contributed by atoms with Gasteiger partial charge in [-0.25, -0.2) is 13.4 Å². The van der Waals surface area contributed by atoms with Crippen molar-refractivity contribution in [3.05, 3.63) is 47.7 Å². The van der Waals surface area contributed by atoms with Gasteiger partial charge in [0.25, 0.3) is 11.6 Å². The quantitative estimate of drug-likeness (QED) is 0.566. The maximum atomic E-state index is 13.1. The van der Waals surface area contributed by atoms with Crippen LogP contribution in [0.3, 0.4) is 0 Å². The smallest absolute Gasteiger partial charge is 0.270 e. The Bertz CT molecular complexity index is 1300. The van der Waals surface area contributed by atoms with Gasteiger partial charge in [0.2, 0.25) is 5.91 Å². The number of hydrazine groups is 1. The molecule has 1 aliphatic carbocycles. The zero-order valence-electron chi connectivity index (χ0n) is 17.2. The van der Waals surface area contributed by atoms with Crippen LogP contribution in [0.1, 0.15) is 47.7 Å². The van der Waals surface area contributed by atoms with Crippen molar-refractivity contribution in [1.29, 1.82) is 0 Å². The molecule has 1 aromatic carbocycles. The van der Waals surface area contributed by atoms with E-state index in [-0.39, 0.29) is 35.5 Å². The molecule has 9 nitrogen and oxygen atoms in total. The minimum absolute atomic E-state index is 0.00517. The summed E-state index contributed by atoms with van der Waals surface area (Å²) in [7, 11) is -3.06.